The Morgan fingerprint density at radius 3 is 2.49 bits per heavy atom. The third kappa shape index (κ3) is 5.98. The first-order valence-corrected chi connectivity index (χ1v) is 12.3. The van der Waals surface area contributed by atoms with Crippen LogP contribution in [0, 0.1) is 5.92 Å². The van der Waals surface area contributed by atoms with Crippen LogP contribution in [0.1, 0.15) is 37.0 Å². The maximum absolute atomic E-state index is 13.6. The van der Waals surface area contributed by atoms with E-state index in [0.29, 0.717) is 35.5 Å². The van der Waals surface area contributed by atoms with Gasteiger partial charge in [0.05, 0.1) is 18.3 Å². The molecule has 2 heterocycles. The van der Waals surface area contributed by atoms with Crippen molar-refractivity contribution in [3.63, 3.8) is 0 Å². The van der Waals surface area contributed by atoms with Crippen LogP contribution in [0.4, 0.5) is 5.69 Å². The Kier molecular flexibility index (Phi) is 7.98. The van der Waals surface area contributed by atoms with Gasteiger partial charge in [-0.3, -0.25) is 19.5 Å². The van der Waals surface area contributed by atoms with Crippen molar-refractivity contribution < 1.29 is 14.3 Å². The Morgan fingerprint density at radius 2 is 1.80 bits per heavy atom. The fourth-order valence-electron chi connectivity index (χ4n) is 4.60. The number of para-hydroxylation sites is 1. The van der Waals surface area contributed by atoms with Gasteiger partial charge in [0, 0.05) is 29.7 Å². The molecule has 4 rings (SSSR count). The molecule has 0 bridgehead atoms. The standard InChI is InChI=1S/C28H34N4O3/c1-20(2)31-16-13-21(14-17-31)18-30-27(33)19-32(28(34)22-8-10-23(35-3)11-9-22)26-12-15-29-25-7-5-4-6-24(25)26/h4-12,15,20-21H,13-14,16-19H2,1-3H3,(H,30,33). The number of benzene rings is 2. The molecule has 35 heavy (non-hydrogen) atoms. The summed E-state index contributed by atoms with van der Waals surface area (Å²) in [4.78, 5) is 35.1. The second-order valence-electron chi connectivity index (χ2n) is 9.34. The molecule has 0 unspecified atom stereocenters. The second-order valence-corrected chi connectivity index (χ2v) is 9.34. The Balaban J connectivity index is 1.51. The monoisotopic (exact) mass is 474 g/mol. The third-order valence-electron chi connectivity index (χ3n) is 6.77. The molecule has 0 atom stereocenters. The number of likely N-dealkylation sites (tertiary alicyclic amines) is 1. The van der Waals surface area contributed by atoms with Crippen molar-refractivity contribution in [3.05, 3.63) is 66.4 Å². The van der Waals surface area contributed by atoms with Gasteiger partial charge in [-0.1, -0.05) is 18.2 Å². The maximum atomic E-state index is 13.6. The van der Waals surface area contributed by atoms with Crippen LogP contribution >= 0.6 is 0 Å². The van der Waals surface area contributed by atoms with Gasteiger partial charge in [-0.2, -0.15) is 0 Å². The lowest BCUT2D eigenvalue weighted by atomic mass is 9.96. The van der Waals surface area contributed by atoms with E-state index in [1.54, 1.807) is 48.5 Å². The molecule has 0 aliphatic carbocycles. The molecule has 2 aromatic carbocycles. The lowest BCUT2D eigenvalue weighted by Gasteiger charge is -2.34. The number of anilines is 1. The quantitative estimate of drug-likeness (QED) is 0.531. The van der Waals surface area contributed by atoms with Crippen molar-refractivity contribution in [1.82, 2.24) is 15.2 Å². The molecule has 0 radical (unpaired) electrons. The average Bonchev–Trinajstić information content (AvgIpc) is 2.90. The van der Waals surface area contributed by atoms with E-state index in [0.717, 1.165) is 36.8 Å². The van der Waals surface area contributed by atoms with Gasteiger partial charge in [0.25, 0.3) is 5.91 Å². The van der Waals surface area contributed by atoms with Crippen molar-refractivity contribution in [2.24, 2.45) is 5.92 Å². The summed E-state index contributed by atoms with van der Waals surface area (Å²) >= 11 is 0. The SMILES string of the molecule is COc1ccc(C(=O)N(CC(=O)NCC2CCN(C(C)C)CC2)c2ccnc3ccccc23)cc1. The molecule has 2 amide bonds. The first kappa shape index (κ1) is 24.7. The molecule has 7 nitrogen and oxygen atoms in total. The Hall–Kier alpha value is -3.45. The van der Waals surface area contributed by atoms with Gasteiger partial charge in [-0.15, -0.1) is 0 Å². The molecular formula is C28H34N4O3. The number of methoxy groups -OCH3 is 1. The Labute approximate surface area is 207 Å². The minimum atomic E-state index is -0.246. The minimum Gasteiger partial charge on any atom is -0.497 e. The van der Waals surface area contributed by atoms with Crippen LogP contribution < -0.4 is 15.0 Å². The molecule has 0 saturated carbocycles. The lowest BCUT2D eigenvalue weighted by molar-refractivity contribution is -0.120. The number of rotatable bonds is 8. The van der Waals surface area contributed by atoms with Crippen molar-refractivity contribution >= 4 is 28.4 Å². The maximum Gasteiger partial charge on any atom is 0.258 e. The predicted octanol–water partition coefficient (Wildman–Crippen LogP) is 4.13. The highest BCUT2D eigenvalue weighted by Crippen LogP contribution is 2.27. The van der Waals surface area contributed by atoms with Gasteiger partial charge >= 0.3 is 0 Å². The third-order valence-corrected chi connectivity index (χ3v) is 6.77. The van der Waals surface area contributed by atoms with Crippen LogP contribution in [0.15, 0.2) is 60.8 Å². The fourth-order valence-corrected chi connectivity index (χ4v) is 4.60. The first-order chi connectivity index (χ1) is 17.0. The highest BCUT2D eigenvalue weighted by Gasteiger charge is 2.25. The molecular weight excluding hydrogens is 440 g/mol. The molecule has 1 aromatic heterocycles. The molecule has 1 aliphatic heterocycles. The molecule has 0 spiro atoms. The van der Waals surface area contributed by atoms with E-state index < -0.39 is 0 Å². The largest absolute Gasteiger partial charge is 0.497 e. The molecule has 7 heteroatoms. The Morgan fingerprint density at radius 1 is 1.09 bits per heavy atom. The number of pyridine rings is 1. The highest BCUT2D eigenvalue weighted by atomic mass is 16.5. The van der Waals surface area contributed by atoms with E-state index in [-0.39, 0.29) is 18.4 Å². The summed E-state index contributed by atoms with van der Waals surface area (Å²) < 4.78 is 5.23. The van der Waals surface area contributed by atoms with E-state index in [9.17, 15) is 9.59 Å². The summed E-state index contributed by atoms with van der Waals surface area (Å²) in [7, 11) is 1.59. The summed E-state index contributed by atoms with van der Waals surface area (Å²) in [5.41, 5.74) is 1.92. The van der Waals surface area contributed by atoms with Crippen molar-refractivity contribution in [3.8, 4) is 5.75 Å². The van der Waals surface area contributed by atoms with E-state index in [1.165, 1.54) is 0 Å². The lowest BCUT2D eigenvalue weighted by Crippen LogP contribution is -2.44. The zero-order valence-corrected chi connectivity index (χ0v) is 20.7. The van der Waals surface area contributed by atoms with Crippen LogP contribution in [0.5, 0.6) is 5.75 Å². The topological polar surface area (TPSA) is 74.8 Å². The van der Waals surface area contributed by atoms with Crippen molar-refractivity contribution in [2.45, 2.75) is 32.7 Å². The highest BCUT2D eigenvalue weighted by molar-refractivity contribution is 6.12. The van der Waals surface area contributed by atoms with Gasteiger partial charge < -0.3 is 15.0 Å². The van der Waals surface area contributed by atoms with Gasteiger partial charge in [0.15, 0.2) is 0 Å². The molecule has 1 N–H and O–H groups in total. The van der Waals surface area contributed by atoms with Crippen molar-refractivity contribution in [2.75, 3.05) is 38.2 Å². The van der Waals surface area contributed by atoms with Gasteiger partial charge in [-0.25, -0.2) is 0 Å². The van der Waals surface area contributed by atoms with Gasteiger partial charge in [0.2, 0.25) is 5.91 Å². The summed E-state index contributed by atoms with van der Waals surface area (Å²) in [5.74, 6) is 0.716. The number of piperidine rings is 1. The number of aromatic nitrogens is 1. The number of nitrogens with one attached hydrogen (secondary N) is 1. The summed E-state index contributed by atoms with van der Waals surface area (Å²) in [5, 5.41) is 3.91. The normalized spacial score (nSPS) is 14.7. The van der Waals surface area contributed by atoms with E-state index in [2.05, 4.69) is 29.0 Å². The molecule has 3 aromatic rings. The number of hydrogen-bond donors (Lipinski definition) is 1. The van der Waals surface area contributed by atoms with E-state index in [1.807, 2.05) is 24.3 Å². The van der Waals surface area contributed by atoms with Crippen LogP contribution in [-0.2, 0) is 4.79 Å². The number of amides is 2. The van der Waals surface area contributed by atoms with Crippen LogP contribution in [-0.4, -0.2) is 61.0 Å². The van der Waals surface area contributed by atoms with Crippen LogP contribution in [0.2, 0.25) is 0 Å². The summed E-state index contributed by atoms with van der Waals surface area (Å²) in [6.45, 7) is 7.13. The van der Waals surface area contributed by atoms with E-state index >= 15 is 0 Å². The Bertz CT molecular complexity index is 1150. The number of fused-ring (bicyclic) bond motifs is 1. The second kappa shape index (κ2) is 11.3. The zero-order chi connectivity index (χ0) is 24.8. The molecule has 1 saturated heterocycles. The zero-order valence-electron chi connectivity index (χ0n) is 20.7. The number of ether oxygens (including phenoxy) is 1. The van der Waals surface area contributed by atoms with Gasteiger partial charge in [-0.05, 0) is 82.1 Å². The average molecular weight is 475 g/mol. The number of nitrogens with zero attached hydrogens (tertiary/aromatic N) is 3. The van der Waals surface area contributed by atoms with Crippen molar-refractivity contribution in [1.29, 1.82) is 0 Å². The fraction of sp³-hybridized carbons (Fsp3) is 0.393. The summed E-state index contributed by atoms with van der Waals surface area (Å²) in [6.07, 6.45) is 3.82. The smallest absolute Gasteiger partial charge is 0.258 e. The molecule has 1 fully saturated rings. The number of hydrogen-bond acceptors (Lipinski definition) is 5. The van der Waals surface area contributed by atoms with Crippen LogP contribution in [0.25, 0.3) is 10.9 Å². The molecule has 184 valence electrons. The number of carbonyl (C=O) groups is 2. The first-order valence-electron chi connectivity index (χ1n) is 12.3. The van der Waals surface area contributed by atoms with Gasteiger partial charge in [0.1, 0.15) is 12.3 Å². The minimum absolute atomic E-state index is 0.0658. The molecule has 1 aliphatic rings. The summed E-state index contributed by atoms with van der Waals surface area (Å²) in [6, 6.07) is 16.9. The van der Waals surface area contributed by atoms with E-state index in [4.69, 9.17) is 4.74 Å². The van der Waals surface area contributed by atoms with Crippen LogP contribution in [0.3, 0.4) is 0 Å². The number of carbonyl (C=O) groups excluding carboxylic acids is 2. The predicted molar refractivity (Wildman–Crippen MR) is 139 cm³/mol.